The number of carbonyl (C=O) groups is 1. The highest BCUT2D eigenvalue weighted by Crippen LogP contribution is 2.18. The van der Waals surface area contributed by atoms with E-state index in [0.717, 1.165) is 11.3 Å². The highest BCUT2D eigenvalue weighted by atomic mass is 16.3. The number of benzene rings is 1. The Morgan fingerprint density at radius 2 is 2.04 bits per heavy atom. The van der Waals surface area contributed by atoms with E-state index in [-0.39, 0.29) is 18.1 Å². The molecule has 1 aromatic heterocycles. The summed E-state index contributed by atoms with van der Waals surface area (Å²) in [6, 6.07) is 9.32. The molecule has 0 aliphatic carbocycles. The zero-order chi connectivity index (χ0) is 16.7. The third-order valence-electron chi connectivity index (χ3n) is 3.63. The van der Waals surface area contributed by atoms with E-state index >= 15 is 0 Å². The molecule has 6 heteroatoms. The number of nitrogens with one attached hydrogen (secondary N) is 2. The van der Waals surface area contributed by atoms with Gasteiger partial charge in [0.1, 0.15) is 0 Å². The Hall–Kier alpha value is -2.34. The molecule has 0 aliphatic heterocycles. The number of carbonyl (C=O) groups excluding carboxylic acids is 1. The molecule has 124 valence electrons. The van der Waals surface area contributed by atoms with Crippen LogP contribution >= 0.6 is 0 Å². The average Bonchev–Trinajstić information content (AvgIpc) is 3.00. The first-order valence-electron chi connectivity index (χ1n) is 7.71. The second-order valence-corrected chi connectivity index (χ2v) is 6.35. The van der Waals surface area contributed by atoms with E-state index in [1.54, 1.807) is 6.20 Å². The SMILES string of the molecule is CC(C)(CCO)CNC(=O)Nc1ccc(Cn2cccn2)cc1. The number of rotatable bonds is 7. The van der Waals surface area contributed by atoms with Crippen LogP contribution in [0, 0.1) is 5.41 Å². The largest absolute Gasteiger partial charge is 0.396 e. The number of anilines is 1. The zero-order valence-electron chi connectivity index (χ0n) is 13.6. The van der Waals surface area contributed by atoms with Crippen LogP contribution in [0.15, 0.2) is 42.7 Å². The Morgan fingerprint density at radius 1 is 1.30 bits per heavy atom. The smallest absolute Gasteiger partial charge is 0.319 e. The molecule has 0 saturated carbocycles. The van der Waals surface area contributed by atoms with Gasteiger partial charge in [-0.05, 0) is 35.6 Å². The molecule has 0 fully saturated rings. The lowest BCUT2D eigenvalue weighted by molar-refractivity contribution is 0.204. The number of hydrogen-bond donors (Lipinski definition) is 3. The summed E-state index contributed by atoms with van der Waals surface area (Å²) in [4.78, 5) is 11.9. The lowest BCUT2D eigenvalue weighted by atomic mass is 9.90. The van der Waals surface area contributed by atoms with Crippen molar-refractivity contribution >= 4 is 11.7 Å². The first kappa shape index (κ1) is 17.0. The van der Waals surface area contributed by atoms with Crippen LogP contribution in [0.5, 0.6) is 0 Å². The van der Waals surface area contributed by atoms with Gasteiger partial charge in [0.25, 0.3) is 0 Å². The van der Waals surface area contributed by atoms with Gasteiger partial charge in [0, 0.05) is 31.2 Å². The molecule has 2 amide bonds. The van der Waals surface area contributed by atoms with Gasteiger partial charge in [-0.2, -0.15) is 5.10 Å². The predicted molar refractivity (Wildman–Crippen MR) is 90.3 cm³/mol. The lowest BCUT2D eigenvalue weighted by Gasteiger charge is -2.23. The lowest BCUT2D eigenvalue weighted by Crippen LogP contribution is -2.37. The van der Waals surface area contributed by atoms with Crippen molar-refractivity contribution < 1.29 is 9.90 Å². The molecular weight excluding hydrogens is 292 g/mol. The topological polar surface area (TPSA) is 79.2 Å². The van der Waals surface area contributed by atoms with Crippen LogP contribution in [0.1, 0.15) is 25.8 Å². The molecule has 0 radical (unpaired) electrons. The minimum Gasteiger partial charge on any atom is -0.396 e. The third-order valence-corrected chi connectivity index (χ3v) is 3.63. The summed E-state index contributed by atoms with van der Waals surface area (Å²) in [5, 5.41) is 18.8. The minimum absolute atomic E-state index is 0.119. The second kappa shape index (κ2) is 7.78. The molecule has 0 bridgehead atoms. The molecule has 2 rings (SSSR count). The molecule has 3 N–H and O–H groups in total. The molecule has 0 saturated heterocycles. The number of hydrogen-bond acceptors (Lipinski definition) is 3. The van der Waals surface area contributed by atoms with Gasteiger partial charge in [0.05, 0.1) is 6.54 Å². The first-order chi connectivity index (χ1) is 11.0. The van der Waals surface area contributed by atoms with Gasteiger partial charge in [-0.1, -0.05) is 26.0 Å². The molecule has 6 nitrogen and oxygen atoms in total. The van der Waals surface area contributed by atoms with Crippen LogP contribution in [0.4, 0.5) is 10.5 Å². The Bertz CT molecular complexity index is 606. The number of aliphatic hydroxyl groups excluding tert-OH is 1. The Kier molecular flexibility index (Phi) is 5.76. The maximum Gasteiger partial charge on any atom is 0.319 e. The third kappa shape index (κ3) is 5.75. The van der Waals surface area contributed by atoms with Gasteiger partial charge in [0.2, 0.25) is 0 Å². The summed E-state index contributed by atoms with van der Waals surface area (Å²) in [6.07, 6.45) is 4.31. The van der Waals surface area contributed by atoms with Crippen LogP contribution in [0.25, 0.3) is 0 Å². The second-order valence-electron chi connectivity index (χ2n) is 6.35. The number of aromatic nitrogens is 2. The predicted octanol–water partition coefficient (Wildman–Crippen LogP) is 2.46. The van der Waals surface area contributed by atoms with Crippen molar-refractivity contribution in [3.05, 3.63) is 48.3 Å². The van der Waals surface area contributed by atoms with E-state index in [1.807, 2.05) is 55.1 Å². The first-order valence-corrected chi connectivity index (χ1v) is 7.71. The van der Waals surface area contributed by atoms with E-state index in [0.29, 0.717) is 19.5 Å². The van der Waals surface area contributed by atoms with E-state index in [4.69, 9.17) is 5.11 Å². The fourth-order valence-corrected chi connectivity index (χ4v) is 2.16. The summed E-state index contributed by atoms with van der Waals surface area (Å²) in [6.45, 7) is 5.35. The Balaban J connectivity index is 1.82. The molecule has 1 heterocycles. The highest BCUT2D eigenvalue weighted by Gasteiger charge is 2.18. The Labute approximate surface area is 136 Å². The van der Waals surface area contributed by atoms with Crippen LogP contribution in [-0.4, -0.2) is 34.1 Å². The fourth-order valence-electron chi connectivity index (χ4n) is 2.16. The number of aliphatic hydroxyl groups is 1. The average molecular weight is 316 g/mol. The number of amides is 2. The molecule has 23 heavy (non-hydrogen) atoms. The monoisotopic (exact) mass is 316 g/mol. The van der Waals surface area contributed by atoms with Crippen LogP contribution in [-0.2, 0) is 6.54 Å². The highest BCUT2D eigenvalue weighted by molar-refractivity contribution is 5.89. The minimum atomic E-state index is -0.240. The summed E-state index contributed by atoms with van der Waals surface area (Å²) >= 11 is 0. The molecule has 0 spiro atoms. The van der Waals surface area contributed by atoms with Crippen LogP contribution < -0.4 is 10.6 Å². The molecule has 0 atom stereocenters. The van der Waals surface area contributed by atoms with Crippen molar-refractivity contribution in [1.82, 2.24) is 15.1 Å². The van der Waals surface area contributed by atoms with Gasteiger partial charge in [-0.15, -0.1) is 0 Å². The molecule has 0 aliphatic rings. The quantitative estimate of drug-likeness (QED) is 0.734. The van der Waals surface area contributed by atoms with Crippen molar-refractivity contribution in [2.75, 3.05) is 18.5 Å². The van der Waals surface area contributed by atoms with Crippen molar-refractivity contribution in [3.63, 3.8) is 0 Å². The summed E-state index contributed by atoms with van der Waals surface area (Å²) < 4.78 is 1.85. The molecule has 1 aromatic carbocycles. The van der Waals surface area contributed by atoms with Gasteiger partial charge < -0.3 is 15.7 Å². The van der Waals surface area contributed by atoms with Crippen molar-refractivity contribution in [1.29, 1.82) is 0 Å². The van der Waals surface area contributed by atoms with Gasteiger partial charge >= 0.3 is 6.03 Å². The van der Waals surface area contributed by atoms with Crippen molar-refractivity contribution in [2.45, 2.75) is 26.8 Å². The number of urea groups is 1. The van der Waals surface area contributed by atoms with Crippen LogP contribution in [0.3, 0.4) is 0 Å². The summed E-state index contributed by atoms with van der Waals surface area (Å²) in [5.41, 5.74) is 1.73. The van der Waals surface area contributed by atoms with Crippen molar-refractivity contribution in [3.8, 4) is 0 Å². The Morgan fingerprint density at radius 3 is 2.65 bits per heavy atom. The van der Waals surface area contributed by atoms with Gasteiger partial charge in [-0.3, -0.25) is 4.68 Å². The van der Waals surface area contributed by atoms with Crippen molar-refractivity contribution in [2.24, 2.45) is 5.41 Å². The van der Waals surface area contributed by atoms with Gasteiger partial charge in [-0.25, -0.2) is 4.79 Å². The summed E-state index contributed by atoms with van der Waals surface area (Å²) in [7, 11) is 0. The van der Waals surface area contributed by atoms with E-state index in [9.17, 15) is 4.79 Å². The van der Waals surface area contributed by atoms with Crippen LogP contribution in [0.2, 0.25) is 0 Å². The van der Waals surface area contributed by atoms with E-state index in [2.05, 4.69) is 15.7 Å². The maximum atomic E-state index is 11.9. The fraction of sp³-hybridized carbons (Fsp3) is 0.412. The zero-order valence-corrected chi connectivity index (χ0v) is 13.6. The summed E-state index contributed by atoms with van der Waals surface area (Å²) in [5.74, 6) is 0. The molecular formula is C17H24N4O2. The normalized spacial score (nSPS) is 11.3. The molecule has 0 unspecified atom stereocenters. The molecule has 2 aromatic rings. The van der Waals surface area contributed by atoms with Gasteiger partial charge in [0.15, 0.2) is 0 Å². The maximum absolute atomic E-state index is 11.9. The standard InChI is InChI=1S/C17H24N4O2/c1-17(2,8-11-22)13-18-16(23)20-15-6-4-14(5-7-15)12-21-10-3-9-19-21/h3-7,9-10,22H,8,11-13H2,1-2H3,(H2,18,20,23). The van der Waals surface area contributed by atoms with E-state index < -0.39 is 0 Å². The number of nitrogens with zero attached hydrogens (tertiary/aromatic N) is 2. The van der Waals surface area contributed by atoms with E-state index in [1.165, 1.54) is 0 Å².